The Morgan fingerprint density at radius 2 is 0.846 bits per heavy atom. The van der Waals surface area contributed by atoms with E-state index >= 15 is 0 Å². The van der Waals surface area contributed by atoms with E-state index < -0.39 is 0 Å². The first kappa shape index (κ1) is 25.2. The molecule has 1 aromatic rings. The summed E-state index contributed by atoms with van der Waals surface area (Å²) in [4.78, 5) is 0. The molecule has 1 aromatic carbocycles. The third kappa shape index (κ3) is 16.7. The smallest absolute Gasteiger partial charge is 0.0279 e. The first-order valence-corrected chi connectivity index (χ1v) is 11.7. The van der Waals surface area contributed by atoms with Gasteiger partial charge in [-0.1, -0.05) is 134 Å². The molecule has 0 heteroatoms. The molecule has 0 nitrogen and oxygen atoms in total. The second-order valence-electron chi connectivity index (χ2n) is 8.20. The van der Waals surface area contributed by atoms with Gasteiger partial charge in [-0.3, -0.25) is 0 Å². The highest BCUT2D eigenvalue weighted by molar-refractivity contribution is 5.28. The average Bonchev–Trinajstić information content (AvgIpc) is 2.59. The Labute approximate surface area is 166 Å². The predicted octanol–water partition coefficient (Wildman–Crippen LogP) is 9.35. The number of aryl methyl sites for hydroxylation is 3. The van der Waals surface area contributed by atoms with E-state index in [1.807, 2.05) is 0 Å². The van der Waals surface area contributed by atoms with Crippen molar-refractivity contribution in [3.8, 4) is 0 Å². The number of hydrogen-bond acceptors (Lipinski definition) is 0. The van der Waals surface area contributed by atoms with Gasteiger partial charge in [-0.15, -0.1) is 0 Å². The van der Waals surface area contributed by atoms with Gasteiger partial charge in [0.25, 0.3) is 0 Å². The number of benzene rings is 1. The SMILES string of the molecule is CCC.CCCCCCCCCCCCCCCc1cc(C)cc(C)c1. The highest BCUT2D eigenvalue weighted by Gasteiger charge is 1.97. The summed E-state index contributed by atoms with van der Waals surface area (Å²) >= 11 is 0. The summed E-state index contributed by atoms with van der Waals surface area (Å²) in [5.74, 6) is 0. The zero-order chi connectivity index (χ0) is 19.5. The van der Waals surface area contributed by atoms with E-state index in [0.717, 1.165) is 0 Å². The fourth-order valence-electron chi connectivity index (χ4n) is 3.56. The molecule has 26 heavy (non-hydrogen) atoms. The molecule has 0 aliphatic heterocycles. The third-order valence-electron chi connectivity index (χ3n) is 4.85. The molecule has 0 saturated carbocycles. The van der Waals surface area contributed by atoms with Gasteiger partial charge in [0, 0.05) is 0 Å². The van der Waals surface area contributed by atoms with Crippen molar-refractivity contribution < 1.29 is 0 Å². The van der Waals surface area contributed by atoms with Crippen LogP contribution in [-0.4, -0.2) is 0 Å². The summed E-state index contributed by atoms with van der Waals surface area (Å²) in [6.07, 6.45) is 21.2. The first-order chi connectivity index (χ1) is 12.6. The van der Waals surface area contributed by atoms with Crippen LogP contribution >= 0.6 is 0 Å². The van der Waals surface area contributed by atoms with Crippen LogP contribution in [0.3, 0.4) is 0 Å². The van der Waals surface area contributed by atoms with Crippen LogP contribution in [0.4, 0.5) is 0 Å². The van der Waals surface area contributed by atoms with E-state index in [1.54, 1.807) is 0 Å². The van der Waals surface area contributed by atoms with Crippen molar-refractivity contribution >= 4 is 0 Å². The molecule has 0 unspecified atom stereocenters. The van der Waals surface area contributed by atoms with Crippen LogP contribution in [0.5, 0.6) is 0 Å². The Morgan fingerprint density at radius 3 is 1.23 bits per heavy atom. The molecule has 0 spiro atoms. The Kier molecular flexibility index (Phi) is 18.4. The molecular formula is C26H48. The van der Waals surface area contributed by atoms with Gasteiger partial charge >= 0.3 is 0 Å². The minimum Gasteiger partial charge on any atom is -0.0656 e. The lowest BCUT2D eigenvalue weighted by molar-refractivity contribution is 0.539. The summed E-state index contributed by atoms with van der Waals surface area (Å²) in [7, 11) is 0. The Morgan fingerprint density at radius 1 is 0.500 bits per heavy atom. The summed E-state index contributed by atoms with van der Waals surface area (Å²) in [6.45, 7) is 11.0. The quantitative estimate of drug-likeness (QED) is 0.290. The number of rotatable bonds is 14. The lowest BCUT2D eigenvalue weighted by Gasteiger charge is -2.05. The molecule has 1 rings (SSSR count). The van der Waals surface area contributed by atoms with Gasteiger partial charge in [0.2, 0.25) is 0 Å². The maximum atomic E-state index is 2.35. The van der Waals surface area contributed by atoms with Gasteiger partial charge in [-0.2, -0.15) is 0 Å². The minimum absolute atomic E-state index is 1.25. The molecule has 0 heterocycles. The fourth-order valence-corrected chi connectivity index (χ4v) is 3.56. The molecule has 0 aliphatic carbocycles. The zero-order valence-electron chi connectivity index (χ0n) is 18.8. The van der Waals surface area contributed by atoms with Crippen LogP contribution in [0.1, 0.15) is 127 Å². The topological polar surface area (TPSA) is 0 Å². The molecule has 0 saturated heterocycles. The molecule has 0 bridgehead atoms. The lowest BCUT2D eigenvalue weighted by Crippen LogP contribution is -1.89. The van der Waals surface area contributed by atoms with Gasteiger partial charge in [0.15, 0.2) is 0 Å². The molecule has 0 atom stereocenters. The van der Waals surface area contributed by atoms with E-state index in [1.165, 1.54) is 113 Å². The molecule has 0 N–H and O–H groups in total. The molecule has 0 aliphatic rings. The van der Waals surface area contributed by atoms with E-state index in [2.05, 4.69) is 52.8 Å². The fraction of sp³-hybridized carbons (Fsp3) is 0.769. The van der Waals surface area contributed by atoms with E-state index in [9.17, 15) is 0 Å². The normalized spacial score (nSPS) is 10.5. The average molecular weight is 361 g/mol. The van der Waals surface area contributed by atoms with Crippen LogP contribution in [0.2, 0.25) is 0 Å². The maximum absolute atomic E-state index is 2.35. The third-order valence-corrected chi connectivity index (χ3v) is 4.85. The van der Waals surface area contributed by atoms with Crippen molar-refractivity contribution in [3.05, 3.63) is 34.9 Å². The second-order valence-corrected chi connectivity index (χ2v) is 8.20. The lowest BCUT2D eigenvalue weighted by atomic mass is 10.0. The van der Waals surface area contributed by atoms with E-state index in [4.69, 9.17) is 0 Å². The van der Waals surface area contributed by atoms with Gasteiger partial charge in [-0.05, 0) is 32.3 Å². The van der Waals surface area contributed by atoms with Crippen LogP contribution in [-0.2, 0) is 6.42 Å². The van der Waals surface area contributed by atoms with Gasteiger partial charge in [0.1, 0.15) is 0 Å². The maximum Gasteiger partial charge on any atom is -0.0279 e. The standard InChI is InChI=1S/C23H40.C3H8/c1-4-5-6-7-8-9-10-11-12-13-14-15-16-17-23-19-21(2)18-22(3)20-23;1-3-2/h18-20H,4-17H2,1-3H3;3H2,1-2H3. The van der Waals surface area contributed by atoms with Gasteiger partial charge in [0.05, 0.1) is 0 Å². The summed E-state index contributed by atoms with van der Waals surface area (Å²) in [6, 6.07) is 6.98. The van der Waals surface area contributed by atoms with E-state index in [-0.39, 0.29) is 0 Å². The predicted molar refractivity (Wildman–Crippen MR) is 121 cm³/mol. The van der Waals surface area contributed by atoms with Crippen LogP contribution < -0.4 is 0 Å². The summed E-state index contributed by atoms with van der Waals surface area (Å²) in [5.41, 5.74) is 4.36. The summed E-state index contributed by atoms with van der Waals surface area (Å²) < 4.78 is 0. The van der Waals surface area contributed by atoms with Crippen molar-refractivity contribution in [3.63, 3.8) is 0 Å². The highest BCUT2D eigenvalue weighted by atomic mass is 14.0. The molecule has 0 radical (unpaired) electrons. The highest BCUT2D eigenvalue weighted by Crippen LogP contribution is 2.15. The zero-order valence-corrected chi connectivity index (χ0v) is 18.8. The minimum atomic E-state index is 1.25. The van der Waals surface area contributed by atoms with Crippen LogP contribution in [0.15, 0.2) is 18.2 Å². The van der Waals surface area contributed by atoms with E-state index in [0.29, 0.717) is 0 Å². The summed E-state index contributed by atoms with van der Waals surface area (Å²) in [5, 5.41) is 0. The van der Waals surface area contributed by atoms with Crippen LogP contribution in [0, 0.1) is 13.8 Å². The van der Waals surface area contributed by atoms with Crippen molar-refractivity contribution in [2.24, 2.45) is 0 Å². The van der Waals surface area contributed by atoms with Gasteiger partial charge < -0.3 is 0 Å². The van der Waals surface area contributed by atoms with Crippen molar-refractivity contribution in [2.75, 3.05) is 0 Å². The molecule has 152 valence electrons. The van der Waals surface area contributed by atoms with Crippen LogP contribution in [0.25, 0.3) is 0 Å². The monoisotopic (exact) mass is 360 g/mol. The molecule has 0 amide bonds. The Bertz CT molecular complexity index is 384. The van der Waals surface area contributed by atoms with Crippen molar-refractivity contribution in [2.45, 2.75) is 131 Å². The number of hydrogen-bond donors (Lipinski definition) is 0. The molecule has 0 fully saturated rings. The van der Waals surface area contributed by atoms with Crippen molar-refractivity contribution in [1.29, 1.82) is 0 Å². The number of unbranched alkanes of at least 4 members (excludes halogenated alkanes) is 12. The molecular weight excluding hydrogens is 312 g/mol. The second kappa shape index (κ2) is 19.0. The first-order valence-electron chi connectivity index (χ1n) is 11.7. The Balaban J connectivity index is 0.00000194. The molecule has 0 aromatic heterocycles. The van der Waals surface area contributed by atoms with Gasteiger partial charge in [-0.25, -0.2) is 0 Å². The Hall–Kier alpha value is -0.780. The largest absolute Gasteiger partial charge is 0.0656 e. The van der Waals surface area contributed by atoms with Crippen molar-refractivity contribution in [1.82, 2.24) is 0 Å².